The van der Waals surface area contributed by atoms with E-state index in [2.05, 4.69) is 44.2 Å². The van der Waals surface area contributed by atoms with Gasteiger partial charge in [-0.3, -0.25) is 0 Å². The Morgan fingerprint density at radius 1 is 0.850 bits per heavy atom. The molecule has 0 aromatic heterocycles. The molecule has 2 rings (SSSR count). The maximum Gasteiger partial charge on any atom is 0.122 e. The van der Waals surface area contributed by atoms with Crippen LogP contribution in [0.15, 0.2) is 42.5 Å². The summed E-state index contributed by atoms with van der Waals surface area (Å²) in [5.74, 6) is 2.34. The van der Waals surface area contributed by atoms with E-state index in [1.54, 1.807) is 14.2 Å². The highest BCUT2D eigenvalue weighted by atomic mass is 16.5. The maximum atomic E-state index is 5.50. The van der Waals surface area contributed by atoms with Crippen LogP contribution in [0.25, 0.3) is 0 Å². The molecule has 0 fully saturated rings. The van der Waals surface area contributed by atoms with Crippen molar-refractivity contribution < 1.29 is 9.47 Å². The van der Waals surface area contributed by atoms with Crippen LogP contribution in [-0.4, -0.2) is 14.2 Å². The largest absolute Gasteiger partial charge is 0.497 e. The van der Waals surface area contributed by atoms with Crippen molar-refractivity contribution in [1.29, 1.82) is 0 Å². The molecule has 106 valence electrons. The third-order valence-electron chi connectivity index (χ3n) is 3.49. The normalized spacial score (nSPS) is 10.7. The molecule has 0 radical (unpaired) electrons. The smallest absolute Gasteiger partial charge is 0.122 e. The Balaban J connectivity index is 2.20. The van der Waals surface area contributed by atoms with Gasteiger partial charge in [-0.05, 0) is 47.2 Å². The zero-order valence-corrected chi connectivity index (χ0v) is 12.6. The van der Waals surface area contributed by atoms with Crippen molar-refractivity contribution in [2.24, 2.45) is 0 Å². The average Bonchev–Trinajstić information content (AvgIpc) is 2.47. The van der Waals surface area contributed by atoms with Gasteiger partial charge in [0.25, 0.3) is 0 Å². The molecule has 0 amide bonds. The Bertz CT molecular complexity index is 556. The predicted molar refractivity (Wildman–Crippen MR) is 82.9 cm³/mol. The van der Waals surface area contributed by atoms with Gasteiger partial charge in [-0.15, -0.1) is 0 Å². The summed E-state index contributed by atoms with van der Waals surface area (Å²) >= 11 is 0. The van der Waals surface area contributed by atoms with Gasteiger partial charge in [0.2, 0.25) is 0 Å². The molecule has 2 heteroatoms. The SMILES string of the molecule is COc1ccc(Cc2ccc(C(C)C)c(OC)c2)cc1. The first kappa shape index (κ1) is 14.4. The van der Waals surface area contributed by atoms with Crippen LogP contribution < -0.4 is 9.47 Å². The minimum absolute atomic E-state index is 0.472. The van der Waals surface area contributed by atoms with Gasteiger partial charge in [-0.1, -0.05) is 38.1 Å². The lowest BCUT2D eigenvalue weighted by molar-refractivity contribution is 0.407. The van der Waals surface area contributed by atoms with Crippen molar-refractivity contribution in [2.45, 2.75) is 26.2 Å². The van der Waals surface area contributed by atoms with E-state index in [9.17, 15) is 0 Å². The molecule has 2 aromatic rings. The summed E-state index contributed by atoms with van der Waals surface area (Å²) in [5.41, 5.74) is 3.78. The molecule has 0 N–H and O–H groups in total. The van der Waals surface area contributed by atoms with Crippen molar-refractivity contribution in [3.05, 3.63) is 59.2 Å². The molecule has 0 aliphatic heterocycles. The summed E-state index contributed by atoms with van der Waals surface area (Å²) in [6, 6.07) is 14.7. The van der Waals surface area contributed by atoms with Gasteiger partial charge in [-0.2, -0.15) is 0 Å². The first-order chi connectivity index (χ1) is 9.63. The number of rotatable bonds is 5. The van der Waals surface area contributed by atoms with Crippen molar-refractivity contribution >= 4 is 0 Å². The number of hydrogen-bond donors (Lipinski definition) is 0. The maximum absolute atomic E-state index is 5.50. The minimum atomic E-state index is 0.472. The van der Waals surface area contributed by atoms with Crippen LogP contribution >= 0.6 is 0 Å². The Hall–Kier alpha value is -1.96. The van der Waals surface area contributed by atoms with Gasteiger partial charge < -0.3 is 9.47 Å². The quantitative estimate of drug-likeness (QED) is 0.800. The zero-order valence-electron chi connectivity index (χ0n) is 12.6. The van der Waals surface area contributed by atoms with Crippen molar-refractivity contribution in [3.63, 3.8) is 0 Å². The summed E-state index contributed by atoms with van der Waals surface area (Å²) in [6.07, 6.45) is 0.902. The number of ether oxygens (including phenoxy) is 2. The molecule has 0 unspecified atom stereocenters. The van der Waals surface area contributed by atoms with Crippen molar-refractivity contribution in [3.8, 4) is 11.5 Å². The lowest BCUT2D eigenvalue weighted by Crippen LogP contribution is -1.97. The Morgan fingerprint density at radius 3 is 2.05 bits per heavy atom. The number of hydrogen-bond acceptors (Lipinski definition) is 2. The Kier molecular flexibility index (Phi) is 4.67. The first-order valence-electron chi connectivity index (χ1n) is 6.93. The highest BCUT2D eigenvalue weighted by Crippen LogP contribution is 2.28. The van der Waals surface area contributed by atoms with E-state index in [1.807, 2.05) is 12.1 Å². The van der Waals surface area contributed by atoms with Crippen LogP contribution in [-0.2, 0) is 6.42 Å². The topological polar surface area (TPSA) is 18.5 Å². The molecule has 2 aromatic carbocycles. The van der Waals surface area contributed by atoms with Crippen LogP contribution in [0.2, 0.25) is 0 Å². The van der Waals surface area contributed by atoms with Crippen molar-refractivity contribution in [1.82, 2.24) is 0 Å². The van der Waals surface area contributed by atoms with Crippen molar-refractivity contribution in [2.75, 3.05) is 14.2 Å². The fourth-order valence-electron chi connectivity index (χ4n) is 2.32. The summed E-state index contributed by atoms with van der Waals surface area (Å²) in [5, 5.41) is 0. The van der Waals surface area contributed by atoms with Gasteiger partial charge >= 0.3 is 0 Å². The lowest BCUT2D eigenvalue weighted by Gasteiger charge is -2.13. The van der Waals surface area contributed by atoms with Gasteiger partial charge in [0.1, 0.15) is 11.5 Å². The summed E-state index contributed by atoms with van der Waals surface area (Å²) in [4.78, 5) is 0. The molecule has 0 bridgehead atoms. The molecule has 20 heavy (non-hydrogen) atoms. The number of benzene rings is 2. The molecular formula is C18H22O2. The molecule has 0 saturated carbocycles. The van der Waals surface area contributed by atoms with E-state index in [1.165, 1.54) is 16.7 Å². The zero-order chi connectivity index (χ0) is 14.5. The fraction of sp³-hybridized carbons (Fsp3) is 0.333. The standard InChI is InChI=1S/C18H22O2/c1-13(2)17-10-7-15(12-18(17)20-4)11-14-5-8-16(19-3)9-6-14/h5-10,12-13H,11H2,1-4H3. The van der Waals surface area contributed by atoms with Crippen LogP contribution in [0.5, 0.6) is 11.5 Å². The lowest BCUT2D eigenvalue weighted by atomic mass is 9.97. The second-order valence-corrected chi connectivity index (χ2v) is 5.26. The molecule has 0 atom stereocenters. The van der Waals surface area contributed by atoms with E-state index in [-0.39, 0.29) is 0 Å². The van der Waals surface area contributed by atoms with Gasteiger partial charge in [0, 0.05) is 0 Å². The van der Waals surface area contributed by atoms with Gasteiger partial charge in [-0.25, -0.2) is 0 Å². The summed E-state index contributed by atoms with van der Waals surface area (Å²) < 4.78 is 10.7. The molecule has 0 aliphatic rings. The third-order valence-corrected chi connectivity index (χ3v) is 3.49. The van der Waals surface area contributed by atoms with Crippen LogP contribution in [0.3, 0.4) is 0 Å². The predicted octanol–water partition coefficient (Wildman–Crippen LogP) is 4.42. The second kappa shape index (κ2) is 6.47. The Labute approximate surface area is 121 Å². The van der Waals surface area contributed by atoms with E-state index >= 15 is 0 Å². The number of methoxy groups -OCH3 is 2. The van der Waals surface area contributed by atoms with Crippen LogP contribution in [0.1, 0.15) is 36.5 Å². The van der Waals surface area contributed by atoms with E-state index in [0.29, 0.717) is 5.92 Å². The van der Waals surface area contributed by atoms with E-state index in [0.717, 1.165) is 17.9 Å². The van der Waals surface area contributed by atoms with E-state index in [4.69, 9.17) is 9.47 Å². The van der Waals surface area contributed by atoms with E-state index < -0.39 is 0 Å². The third kappa shape index (κ3) is 3.32. The first-order valence-corrected chi connectivity index (χ1v) is 6.93. The monoisotopic (exact) mass is 270 g/mol. The molecule has 0 heterocycles. The van der Waals surface area contributed by atoms with Crippen LogP contribution in [0.4, 0.5) is 0 Å². The molecule has 0 aliphatic carbocycles. The molecular weight excluding hydrogens is 248 g/mol. The summed E-state index contributed by atoms with van der Waals surface area (Å²) in [7, 11) is 3.42. The summed E-state index contributed by atoms with van der Waals surface area (Å²) in [6.45, 7) is 4.36. The van der Waals surface area contributed by atoms with Crippen LogP contribution in [0, 0.1) is 0 Å². The Morgan fingerprint density at radius 2 is 1.50 bits per heavy atom. The van der Waals surface area contributed by atoms with Gasteiger partial charge in [0.05, 0.1) is 14.2 Å². The second-order valence-electron chi connectivity index (χ2n) is 5.26. The molecule has 0 spiro atoms. The fourth-order valence-corrected chi connectivity index (χ4v) is 2.32. The highest BCUT2D eigenvalue weighted by Gasteiger charge is 2.08. The minimum Gasteiger partial charge on any atom is -0.497 e. The molecule has 2 nitrogen and oxygen atoms in total. The van der Waals surface area contributed by atoms with Gasteiger partial charge in [0.15, 0.2) is 0 Å². The molecule has 0 saturated heterocycles. The highest BCUT2D eigenvalue weighted by molar-refractivity contribution is 5.41. The average molecular weight is 270 g/mol.